The first-order valence-electron chi connectivity index (χ1n) is 10.9. The normalized spacial score (nSPS) is 47.9. The molecule has 0 amide bonds. The predicted molar refractivity (Wildman–Crippen MR) is 103 cm³/mol. The fraction of sp³-hybridized carbons (Fsp3) is 0.955. The summed E-state index contributed by atoms with van der Waals surface area (Å²) in [5, 5.41) is 4.47. The van der Waals surface area contributed by atoms with Gasteiger partial charge in [-0.05, 0) is 105 Å². The Morgan fingerprint density at radius 1 is 1.08 bits per heavy atom. The molecule has 0 aromatic carbocycles. The lowest BCUT2D eigenvalue weighted by Gasteiger charge is -2.60. The van der Waals surface area contributed by atoms with Crippen LogP contribution in [-0.4, -0.2) is 18.9 Å². The van der Waals surface area contributed by atoms with Crippen LogP contribution >= 0.6 is 0 Å². The number of fused-ring (bicyclic) bond motifs is 5. The van der Waals surface area contributed by atoms with Crippen molar-refractivity contribution in [1.29, 1.82) is 0 Å². The highest BCUT2D eigenvalue weighted by Gasteiger charge is 2.57. The van der Waals surface area contributed by atoms with Gasteiger partial charge in [0.2, 0.25) is 0 Å². The predicted octanol–water partition coefficient (Wildman–Crippen LogP) is 5.14. The zero-order valence-corrected chi connectivity index (χ0v) is 16.4. The number of hydrogen-bond donors (Lipinski definition) is 1. The Hall–Kier alpha value is -0.570. The van der Waals surface area contributed by atoms with Crippen molar-refractivity contribution in [3.8, 4) is 0 Å². The maximum Gasteiger partial charge on any atom is 0.118 e. The summed E-state index contributed by atoms with van der Waals surface area (Å²) in [6.45, 7) is 6.61. The molecule has 0 aromatic rings. The van der Waals surface area contributed by atoms with Crippen molar-refractivity contribution in [1.82, 2.24) is 0 Å². The molecular formula is C22H38N2O. The average molecular weight is 347 g/mol. The van der Waals surface area contributed by atoms with Crippen LogP contribution in [-0.2, 0) is 4.84 Å². The minimum absolute atomic E-state index is 0.559. The Kier molecular flexibility index (Phi) is 4.90. The lowest BCUT2D eigenvalue weighted by molar-refractivity contribution is -0.0922. The SMILES string of the molecule is CC12CCCC1C1CCC3C/C(=N/OCCCN)CCC3(C)C1CC2. The Morgan fingerprint density at radius 3 is 2.80 bits per heavy atom. The molecule has 2 N–H and O–H groups in total. The molecule has 0 bridgehead atoms. The van der Waals surface area contributed by atoms with Crippen LogP contribution in [0.1, 0.15) is 84.5 Å². The fourth-order valence-electron chi connectivity index (χ4n) is 7.42. The van der Waals surface area contributed by atoms with Gasteiger partial charge in [-0.25, -0.2) is 0 Å². The van der Waals surface area contributed by atoms with E-state index in [4.69, 9.17) is 10.6 Å². The van der Waals surface area contributed by atoms with Gasteiger partial charge in [-0.2, -0.15) is 0 Å². The first-order chi connectivity index (χ1) is 12.1. The Morgan fingerprint density at radius 2 is 1.96 bits per heavy atom. The van der Waals surface area contributed by atoms with Gasteiger partial charge < -0.3 is 10.6 Å². The van der Waals surface area contributed by atoms with Gasteiger partial charge >= 0.3 is 0 Å². The lowest BCUT2D eigenvalue weighted by atomic mass is 9.45. The standard InChI is InChI=1S/C22H38N2O/c1-21-10-3-5-19(21)18-7-6-16-15-17(24-25-14-4-13-23)8-12-22(16,2)20(18)9-11-21/h16,18-20H,3-15,23H2,1-2H3/b24-17+. The van der Waals surface area contributed by atoms with Crippen LogP contribution in [0, 0.1) is 34.5 Å². The minimum atomic E-state index is 0.559. The van der Waals surface area contributed by atoms with Crippen molar-refractivity contribution in [2.75, 3.05) is 13.2 Å². The van der Waals surface area contributed by atoms with E-state index in [1.165, 1.54) is 63.5 Å². The minimum Gasteiger partial charge on any atom is -0.396 e. The second kappa shape index (κ2) is 6.87. The van der Waals surface area contributed by atoms with E-state index in [0.29, 0.717) is 24.0 Å². The van der Waals surface area contributed by atoms with Gasteiger partial charge in [-0.1, -0.05) is 25.4 Å². The molecule has 6 atom stereocenters. The molecule has 0 radical (unpaired) electrons. The third-order valence-electron chi connectivity index (χ3n) is 8.91. The van der Waals surface area contributed by atoms with Crippen molar-refractivity contribution in [2.45, 2.75) is 84.5 Å². The van der Waals surface area contributed by atoms with Crippen LogP contribution in [0.2, 0.25) is 0 Å². The van der Waals surface area contributed by atoms with Gasteiger partial charge in [0.15, 0.2) is 0 Å². The van der Waals surface area contributed by atoms with Crippen LogP contribution in [0.5, 0.6) is 0 Å². The van der Waals surface area contributed by atoms with Gasteiger partial charge in [0.25, 0.3) is 0 Å². The molecule has 0 heterocycles. The van der Waals surface area contributed by atoms with Crippen LogP contribution < -0.4 is 5.73 Å². The maximum atomic E-state index is 5.53. The average Bonchev–Trinajstić information content (AvgIpc) is 3.00. The summed E-state index contributed by atoms with van der Waals surface area (Å²) in [4.78, 5) is 5.51. The van der Waals surface area contributed by atoms with E-state index < -0.39 is 0 Å². The number of nitrogens with two attached hydrogens (primary N) is 1. The summed E-state index contributed by atoms with van der Waals surface area (Å²) < 4.78 is 0. The molecule has 142 valence electrons. The van der Waals surface area contributed by atoms with Gasteiger partial charge in [-0.15, -0.1) is 0 Å². The molecule has 0 aliphatic heterocycles. The quantitative estimate of drug-likeness (QED) is 0.566. The number of rotatable bonds is 4. The van der Waals surface area contributed by atoms with Gasteiger partial charge in [0.1, 0.15) is 6.61 Å². The molecule has 0 spiro atoms. The highest BCUT2D eigenvalue weighted by molar-refractivity contribution is 5.85. The number of nitrogens with zero attached hydrogens (tertiary/aromatic N) is 1. The van der Waals surface area contributed by atoms with E-state index >= 15 is 0 Å². The third kappa shape index (κ3) is 3.05. The number of hydrogen-bond acceptors (Lipinski definition) is 3. The van der Waals surface area contributed by atoms with E-state index in [9.17, 15) is 0 Å². The van der Waals surface area contributed by atoms with Crippen molar-refractivity contribution in [3.05, 3.63) is 0 Å². The van der Waals surface area contributed by atoms with E-state index in [-0.39, 0.29) is 0 Å². The largest absolute Gasteiger partial charge is 0.396 e. The molecule has 4 aliphatic carbocycles. The summed E-state index contributed by atoms with van der Waals surface area (Å²) >= 11 is 0. The molecule has 3 heteroatoms. The highest BCUT2D eigenvalue weighted by Crippen LogP contribution is 2.65. The molecule has 0 saturated heterocycles. The summed E-state index contributed by atoms with van der Waals surface area (Å²) in [5.74, 6) is 3.85. The monoisotopic (exact) mass is 346 g/mol. The van der Waals surface area contributed by atoms with Crippen molar-refractivity contribution in [3.63, 3.8) is 0 Å². The fourth-order valence-corrected chi connectivity index (χ4v) is 7.42. The summed E-state index contributed by atoms with van der Waals surface area (Å²) in [5.41, 5.74) is 8.09. The van der Waals surface area contributed by atoms with Crippen LogP contribution in [0.4, 0.5) is 0 Å². The second-order valence-corrected chi connectivity index (χ2v) is 10.1. The number of oxime groups is 1. The third-order valence-corrected chi connectivity index (χ3v) is 8.91. The zero-order valence-electron chi connectivity index (χ0n) is 16.4. The molecule has 3 nitrogen and oxygen atoms in total. The van der Waals surface area contributed by atoms with Gasteiger partial charge in [-0.3, -0.25) is 0 Å². The van der Waals surface area contributed by atoms with Crippen LogP contribution in [0.25, 0.3) is 0 Å². The Labute approximate surface area is 154 Å². The molecule has 0 aromatic heterocycles. The van der Waals surface area contributed by atoms with Gasteiger partial charge in [0.05, 0.1) is 5.71 Å². The highest BCUT2D eigenvalue weighted by atomic mass is 16.6. The van der Waals surface area contributed by atoms with Gasteiger partial charge in [0, 0.05) is 0 Å². The molecule has 6 unspecified atom stereocenters. The van der Waals surface area contributed by atoms with E-state index in [1.54, 1.807) is 0 Å². The Balaban J connectivity index is 1.45. The summed E-state index contributed by atoms with van der Waals surface area (Å²) in [6, 6.07) is 0. The second-order valence-electron chi connectivity index (χ2n) is 10.1. The summed E-state index contributed by atoms with van der Waals surface area (Å²) in [6.07, 6.45) is 15.0. The topological polar surface area (TPSA) is 47.6 Å². The van der Waals surface area contributed by atoms with Crippen LogP contribution in [0.15, 0.2) is 5.16 Å². The summed E-state index contributed by atoms with van der Waals surface area (Å²) in [7, 11) is 0. The first-order valence-corrected chi connectivity index (χ1v) is 10.9. The van der Waals surface area contributed by atoms with E-state index in [0.717, 1.165) is 36.5 Å². The molecule has 4 aliphatic rings. The van der Waals surface area contributed by atoms with E-state index in [1.807, 2.05) is 0 Å². The molecule has 25 heavy (non-hydrogen) atoms. The van der Waals surface area contributed by atoms with E-state index in [2.05, 4.69) is 19.0 Å². The molecular weight excluding hydrogens is 308 g/mol. The lowest BCUT2D eigenvalue weighted by Crippen LogP contribution is -2.52. The zero-order chi connectivity index (χ0) is 17.5. The molecule has 4 rings (SSSR count). The molecule has 4 saturated carbocycles. The Bertz CT molecular complexity index is 518. The maximum absolute atomic E-state index is 5.53. The molecule has 4 fully saturated rings. The van der Waals surface area contributed by atoms with Crippen LogP contribution in [0.3, 0.4) is 0 Å². The van der Waals surface area contributed by atoms with Crippen molar-refractivity contribution in [2.24, 2.45) is 45.4 Å². The first kappa shape index (κ1) is 17.8. The smallest absolute Gasteiger partial charge is 0.118 e. The van der Waals surface area contributed by atoms with Crippen molar-refractivity contribution < 1.29 is 4.84 Å². The van der Waals surface area contributed by atoms with Crippen molar-refractivity contribution >= 4 is 5.71 Å².